The van der Waals surface area contributed by atoms with Gasteiger partial charge in [-0.15, -0.1) is 0 Å². The van der Waals surface area contributed by atoms with Crippen LogP contribution in [0.2, 0.25) is 0 Å². The first-order chi connectivity index (χ1) is 14.5. The maximum atomic E-state index is 11.6. The van der Waals surface area contributed by atoms with Crippen molar-refractivity contribution in [1.29, 1.82) is 0 Å². The molecule has 12 nitrogen and oxygen atoms in total. The van der Waals surface area contributed by atoms with Gasteiger partial charge in [0.15, 0.2) is 0 Å². The lowest BCUT2D eigenvalue weighted by atomic mass is 10.4. The molecule has 0 aliphatic heterocycles. The lowest BCUT2D eigenvalue weighted by molar-refractivity contribution is -0.149. The quantitative estimate of drug-likeness (QED) is 0.138. The zero-order valence-electron chi connectivity index (χ0n) is 17.6. The molecule has 0 saturated heterocycles. The predicted octanol–water partition coefficient (Wildman–Crippen LogP) is -1.59. The van der Waals surface area contributed by atoms with Crippen LogP contribution < -0.4 is 10.6 Å². The summed E-state index contributed by atoms with van der Waals surface area (Å²) in [6, 6.07) is 0. The first-order valence-corrected chi connectivity index (χ1v) is 9.47. The van der Waals surface area contributed by atoms with Crippen molar-refractivity contribution in [3.05, 3.63) is 0 Å². The Morgan fingerprint density at radius 2 is 0.933 bits per heavy atom. The Morgan fingerprint density at radius 3 is 1.30 bits per heavy atom. The minimum atomic E-state index is -0.680. The van der Waals surface area contributed by atoms with Gasteiger partial charge in [0.25, 0.3) is 0 Å². The second kappa shape index (κ2) is 20.0. The van der Waals surface area contributed by atoms with E-state index in [1.165, 1.54) is 0 Å². The molecule has 0 spiro atoms. The molecule has 0 rings (SSSR count). The number of ether oxygens (including phenoxy) is 6. The molecule has 30 heavy (non-hydrogen) atoms. The molecule has 0 aliphatic carbocycles. The first kappa shape index (κ1) is 27.7. The van der Waals surface area contributed by atoms with Gasteiger partial charge >= 0.3 is 11.9 Å². The standard InChI is InChI=1S/C18H32N2O10/c1-25-5-7-27-9-11-29-17(23)13-15(21)19-3-4-20-16(22)14-18(24)30-12-10-28-8-6-26-2/h3-14H2,1-2H3,(H,19,21)(H,20,22). The Kier molecular flexibility index (Phi) is 18.5. The molecule has 174 valence electrons. The lowest BCUT2D eigenvalue weighted by Gasteiger charge is -2.08. The van der Waals surface area contributed by atoms with Gasteiger partial charge in [-0.3, -0.25) is 19.2 Å². The van der Waals surface area contributed by atoms with Crippen LogP contribution in [0.25, 0.3) is 0 Å². The maximum absolute atomic E-state index is 11.6. The number of rotatable bonds is 19. The summed E-state index contributed by atoms with van der Waals surface area (Å²) >= 11 is 0. The molecular formula is C18H32N2O10. The monoisotopic (exact) mass is 436 g/mol. The Labute approximate surface area is 175 Å². The summed E-state index contributed by atoms with van der Waals surface area (Å²) in [7, 11) is 3.09. The third-order valence-corrected chi connectivity index (χ3v) is 3.22. The molecule has 0 bridgehead atoms. The summed E-state index contributed by atoms with van der Waals surface area (Å²) in [5.74, 6) is -2.44. The Bertz CT molecular complexity index is 457. The first-order valence-electron chi connectivity index (χ1n) is 9.47. The van der Waals surface area contributed by atoms with Gasteiger partial charge in [0, 0.05) is 27.3 Å². The average molecular weight is 436 g/mol. The van der Waals surface area contributed by atoms with E-state index < -0.39 is 36.6 Å². The number of hydrogen-bond acceptors (Lipinski definition) is 10. The Hall–Kier alpha value is -2.28. The van der Waals surface area contributed by atoms with Crippen molar-refractivity contribution < 1.29 is 47.6 Å². The van der Waals surface area contributed by atoms with Gasteiger partial charge in [-0.25, -0.2) is 0 Å². The molecule has 2 N–H and O–H groups in total. The number of carbonyl (C=O) groups is 4. The van der Waals surface area contributed by atoms with Gasteiger partial charge in [0.1, 0.15) is 26.1 Å². The van der Waals surface area contributed by atoms with Crippen LogP contribution in [-0.2, 0) is 47.6 Å². The van der Waals surface area contributed by atoms with Crippen LogP contribution in [0, 0.1) is 0 Å². The van der Waals surface area contributed by atoms with Gasteiger partial charge in [-0.2, -0.15) is 0 Å². The number of nitrogens with one attached hydrogen (secondary N) is 2. The zero-order chi connectivity index (χ0) is 22.5. The van der Waals surface area contributed by atoms with Crippen molar-refractivity contribution in [2.45, 2.75) is 12.8 Å². The second-order valence-corrected chi connectivity index (χ2v) is 5.70. The van der Waals surface area contributed by atoms with E-state index in [4.69, 9.17) is 28.4 Å². The van der Waals surface area contributed by atoms with Crippen LogP contribution in [0.5, 0.6) is 0 Å². The fraction of sp³-hybridized carbons (Fsp3) is 0.778. The van der Waals surface area contributed by atoms with Crippen LogP contribution in [0.3, 0.4) is 0 Å². The number of amides is 2. The maximum Gasteiger partial charge on any atom is 0.315 e. The minimum Gasteiger partial charge on any atom is -0.463 e. The average Bonchev–Trinajstić information content (AvgIpc) is 2.70. The highest BCUT2D eigenvalue weighted by Gasteiger charge is 2.12. The predicted molar refractivity (Wildman–Crippen MR) is 103 cm³/mol. The third kappa shape index (κ3) is 19.1. The van der Waals surface area contributed by atoms with Gasteiger partial charge in [-0.1, -0.05) is 0 Å². The van der Waals surface area contributed by atoms with Gasteiger partial charge in [0.05, 0.1) is 39.6 Å². The highest BCUT2D eigenvalue weighted by Crippen LogP contribution is 1.89. The fourth-order valence-electron chi connectivity index (χ4n) is 1.81. The minimum absolute atomic E-state index is 0.0429. The molecule has 0 unspecified atom stereocenters. The second-order valence-electron chi connectivity index (χ2n) is 5.70. The normalized spacial score (nSPS) is 10.3. The molecule has 0 aromatic rings. The Morgan fingerprint density at radius 1 is 0.567 bits per heavy atom. The molecular weight excluding hydrogens is 404 g/mol. The molecule has 0 fully saturated rings. The fourth-order valence-corrected chi connectivity index (χ4v) is 1.81. The lowest BCUT2D eigenvalue weighted by Crippen LogP contribution is -2.36. The van der Waals surface area contributed by atoms with Crippen LogP contribution in [0.15, 0.2) is 0 Å². The molecule has 0 radical (unpaired) electrons. The van der Waals surface area contributed by atoms with Crippen molar-refractivity contribution in [3.8, 4) is 0 Å². The number of hydrogen-bond donors (Lipinski definition) is 2. The summed E-state index contributed by atoms with van der Waals surface area (Å²) in [6.07, 6.45) is -0.879. The van der Waals surface area contributed by atoms with Crippen molar-refractivity contribution in [3.63, 3.8) is 0 Å². The van der Waals surface area contributed by atoms with Crippen molar-refractivity contribution in [2.75, 3.05) is 80.2 Å². The highest BCUT2D eigenvalue weighted by molar-refractivity contribution is 5.95. The van der Waals surface area contributed by atoms with E-state index in [1.807, 2.05) is 0 Å². The molecule has 0 atom stereocenters. The van der Waals surface area contributed by atoms with E-state index in [0.717, 1.165) is 0 Å². The van der Waals surface area contributed by atoms with Crippen molar-refractivity contribution in [1.82, 2.24) is 10.6 Å². The number of esters is 2. The third-order valence-electron chi connectivity index (χ3n) is 3.22. The summed E-state index contributed by atoms with van der Waals surface area (Å²) in [6.45, 7) is 2.38. The van der Waals surface area contributed by atoms with Crippen LogP contribution in [-0.4, -0.2) is 104 Å². The number of methoxy groups -OCH3 is 2. The van der Waals surface area contributed by atoms with Crippen LogP contribution in [0.4, 0.5) is 0 Å². The van der Waals surface area contributed by atoms with Gasteiger partial charge in [-0.05, 0) is 0 Å². The molecule has 0 aromatic carbocycles. The van der Waals surface area contributed by atoms with Crippen LogP contribution >= 0.6 is 0 Å². The summed E-state index contributed by atoms with van der Waals surface area (Å²) in [5.41, 5.74) is 0. The van der Waals surface area contributed by atoms with E-state index in [0.29, 0.717) is 26.4 Å². The van der Waals surface area contributed by atoms with Crippen molar-refractivity contribution >= 4 is 23.8 Å². The van der Waals surface area contributed by atoms with Gasteiger partial charge in [0.2, 0.25) is 11.8 Å². The summed E-state index contributed by atoms with van der Waals surface area (Å²) in [5, 5.41) is 4.91. The molecule has 0 aliphatic rings. The van der Waals surface area contributed by atoms with Gasteiger partial charge < -0.3 is 39.1 Å². The molecule has 0 heterocycles. The van der Waals surface area contributed by atoms with E-state index >= 15 is 0 Å². The highest BCUT2D eigenvalue weighted by atomic mass is 16.6. The van der Waals surface area contributed by atoms with E-state index in [2.05, 4.69) is 10.6 Å². The zero-order valence-corrected chi connectivity index (χ0v) is 17.6. The van der Waals surface area contributed by atoms with Crippen molar-refractivity contribution in [2.24, 2.45) is 0 Å². The molecule has 0 aromatic heterocycles. The molecule has 2 amide bonds. The SMILES string of the molecule is COCCOCCOC(=O)CC(=O)NCCNC(=O)CC(=O)OCCOCCOC. The van der Waals surface area contributed by atoms with E-state index in [1.54, 1.807) is 14.2 Å². The summed E-state index contributed by atoms with van der Waals surface area (Å²) in [4.78, 5) is 46.1. The number of carbonyl (C=O) groups excluding carboxylic acids is 4. The Balaban J connectivity index is 3.61. The van der Waals surface area contributed by atoms with Crippen LogP contribution in [0.1, 0.15) is 12.8 Å². The van der Waals surface area contributed by atoms with E-state index in [-0.39, 0.29) is 39.5 Å². The molecule has 12 heteroatoms. The largest absolute Gasteiger partial charge is 0.463 e. The topological polar surface area (TPSA) is 148 Å². The molecule has 0 saturated carbocycles. The smallest absolute Gasteiger partial charge is 0.315 e. The summed E-state index contributed by atoms with van der Waals surface area (Å²) < 4.78 is 29.5. The van der Waals surface area contributed by atoms with E-state index in [9.17, 15) is 19.2 Å².